The number of aliphatic hydroxyl groups excluding tert-OH is 2. The van der Waals surface area contributed by atoms with Gasteiger partial charge in [0, 0.05) is 31.3 Å². The molecule has 1 unspecified atom stereocenters. The van der Waals surface area contributed by atoms with Crippen molar-refractivity contribution in [2.24, 2.45) is 34.5 Å². The van der Waals surface area contributed by atoms with Gasteiger partial charge in [0.05, 0.1) is 6.10 Å². The van der Waals surface area contributed by atoms with E-state index in [0.29, 0.717) is 55.5 Å². The van der Waals surface area contributed by atoms with Crippen LogP contribution in [0.4, 0.5) is 0 Å². The van der Waals surface area contributed by atoms with Crippen LogP contribution in [0, 0.1) is 34.5 Å². The third-order valence-electron chi connectivity index (χ3n) is 8.50. The molecule has 0 aromatic carbocycles. The molecule has 0 aliphatic heterocycles. The minimum Gasteiger partial charge on any atom is -0.396 e. The Morgan fingerprint density at radius 1 is 1.12 bits per heavy atom. The first-order valence-electron chi connectivity index (χ1n) is 9.76. The lowest BCUT2D eigenvalue weighted by molar-refractivity contribution is -0.170. The number of hydrogen-bond donors (Lipinski definition) is 2. The maximum Gasteiger partial charge on any atom is 0.139 e. The standard InChI is InChI=1S/C20H30O4/c1-19-6-4-13(22)10-12(19)11-16(23)18-14(19)5-7-20(8-9-21)15(18)2-3-17(20)24/h12,14-16,18,21,23H,2-11H2,1H3/t12?,14-,15-,16+,18+,19-,20+/m0/s1. The molecule has 24 heavy (non-hydrogen) atoms. The van der Waals surface area contributed by atoms with Crippen molar-refractivity contribution < 1.29 is 19.8 Å². The summed E-state index contributed by atoms with van der Waals surface area (Å²) in [5, 5.41) is 20.5. The second kappa shape index (κ2) is 5.63. The molecule has 0 amide bonds. The number of hydrogen-bond acceptors (Lipinski definition) is 4. The summed E-state index contributed by atoms with van der Waals surface area (Å²) in [6.45, 7) is 2.40. The number of aliphatic hydroxyl groups is 2. The molecule has 4 fully saturated rings. The molecule has 7 atom stereocenters. The Morgan fingerprint density at radius 2 is 1.92 bits per heavy atom. The molecule has 0 spiro atoms. The summed E-state index contributed by atoms with van der Waals surface area (Å²) in [7, 11) is 0. The van der Waals surface area contributed by atoms with Crippen LogP contribution in [0.25, 0.3) is 0 Å². The van der Waals surface area contributed by atoms with E-state index < -0.39 is 6.10 Å². The van der Waals surface area contributed by atoms with Gasteiger partial charge in [-0.3, -0.25) is 9.59 Å². The Hall–Kier alpha value is -0.740. The third kappa shape index (κ3) is 2.11. The van der Waals surface area contributed by atoms with E-state index in [1.165, 1.54) is 0 Å². The highest BCUT2D eigenvalue weighted by molar-refractivity contribution is 5.87. The van der Waals surface area contributed by atoms with Crippen molar-refractivity contribution in [2.45, 2.75) is 70.8 Å². The normalized spacial score (nSPS) is 51.0. The molecule has 0 aromatic heterocycles. The summed E-state index contributed by atoms with van der Waals surface area (Å²) in [6.07, 6.45) is 6.43. The van der Waals surface area contributed by atoms with Crippen LogP contribution < -0.4 is 0 Å². The van der Waals surface area contributed by atoms with E-state index in [1.54, 1.807) is 0 Å². The fourth-order valence-electron chi connectivity index (χ4n) is 7.26. The highest BCUT2D eigenvalue weighted by Gasteiger charge is 2.63. The van der Waals surface area contributed by atoms with Crippen molar-refractivity contribution in [3.63, 3.8) is 0 Å². The molecule has 0 saturated heterocycles. The van der Waals surface area contributed by atoms with Gasteiger partial charge in [-0.05, 0) is 67.6 Å². The van der Waals surface area contributed by atoms with E-state index in [0.717, 1.165) is 25.7 Å². The van der Waals surface area contributed by atoms with Gasteiger partial charge in [0.15, 0.2) is 0 Å². The summed E-state index contributed by atoms with van der Waals surface area (Å²) in [5.41, 5.74) is -0.251. The predicted octanol–water partition coefficient (Wildman–Crippen LogP) is 2.50. The van der Waals surface area contributed by atoms with Crippen molar-refractivity contribution in [2.75, 3.05) is 6.61 Å². The third-order valence-corrected chi connectivity index (χ3v) is 8.50. The van der Waals surface area contributed by atoms with Gasteiger partial charge in [-0.15, -0.1) is 0 Å². The summed E-state index contributed by atoms with van der Waals surface area (Å²) in [4.78, 5) is 24.6. The average molecular weight is 334 g/mol. The molecule has 2 N–H and O–H groups in total. The van der Waals surface area contributed by atoms with E-state index in [1.807, 2.05) is 0 Å². The first-order valence-corrected chi connectivity index (χ1v) is 9.76. The van der Waals surface area contributed by atoms with E-state index in [2.05, 4.69) is 6.92 Å². The van der Waals surface area contributed by atoms with Crippen LogP contribution in [-0.2, 0) is 9.59 Å². The number of carbonyl (C=O) groups excluding carboxylic acids is 2. The van der Waals surface area contributed by atoms with Crippen molar-refractivity contribution in [3.05, 3.63) is 0 Å². The predicted molar refractivity (Wildman–Crippen MR) is 89.2 cm³/mol. The lowest BCUT2D eigenvalue weighted by Crippen LogP contribution is -2.58. The lowest BCUT2D eigenvalue weighted by Gasteiger charge is -2.61. The first kappa shape index (κ1) is 16.7. The quantitative estimate of drug-likeness (QED) is 0.814. The minimum atomic E-state index is -0.395. The second-order valence-electron chi connectivity index (χ2n) is 9.17. The summed E-state index contributed by atoms with van der Waals surface area (Å²) >= 11 is 0. The number of Topliss-reactive ketones (excluding diaryl/α,β-unsaturated/α-hetero) is 2. The molecule has 0 aromatic rings. The Labute approximate surface area is 144 Å². The topological polar surface area (TPSA) is 74.6 Å². The maximum absolute atomic E-state index is 12.7. The van der Waals surface area contributed by atoms with Gasteiger partial charge >= 0.3 is 0 Å². The van der Waals surface area contributed by atoms with Gasteiger partial charge < -0.3 is 10.2 Å². The van der Waals surface area contributed by atoms with Crippen LogP contribution >= 0.6 is 0 Å². The van der Waals surface area contributed by atoms with E-state index >= 15 is 0 Å². The molecule has 0 bridgehead atoms. The van der Waals surface area contributed by atoms with Crippen LogP contribution in [0.1, 0.15) is 64.7 Å². The molecule has 4 nitrogen and oxygen atoms in total. The van der Waals surface area contributed by atoms with E-state index in [4.69, 9.17) is 0 Å². The van der Waals surface area contributed by atoms with Crippen molar-refractivity contribution in [3.8, 4) is 0 Å². The van der Waals surface area contributed by atoms with Crippen LogP contribution in [0.5, 0.6) is 0 Å². The minimum absolute atomic E-state index is 0.0596. The summed E-state index contributed by atoms with van der Waals surface area (Å²) in [5.74, 6) is 1.79. The Morgan fingerprint density at radius 3 is 2.67 bits per heavy atom. The summed E-state index contributed by atoms with van der Waals surface area (Å²) in [6, 6.07) is 0. The van der Waals surface area contributed by atoms with Gasteiger partial charge in [-0.25, -0.2) is 0 Å². The Balaban J connectivity index is 1.69. The largest absolute Gasteiger partial charge is 0.396 e. The maximum atomic E-state index is 12.7. The molecule has 0 radical (unpaired) electrons. The highest BCUT2D eigenvalue weighted by Crippen LogP contribution is 2.65. The number of carbonyl (C=O) groups is 2. The SMILES string of the molecule is C[C@]12CCC(=O)CC1C[C@@H](O)[C@H]1[C@@H]3CCC(=O)[C@@]3(CCO)CC[C@@H]12. The van der Waals surface area contributed by atoms with Crippen LogP contribution in [0.3, 0.4) is 0 Å². The zero-order chi connectivity index (χ0) is 17.1. The molecular formula is C20H30O4. The Bertz CT molecular complexity index is 558. The highest BCUT2D eigenvalue weighted by atomic mass is 16.3. The zero-order valence-electron chi connectivity index (χ0n) is 14.7. The zero-order valence-corrected chi connectivity index (χ0v) is 14.7. The van der Waals surface area contributed by atoms with Crippen molar-refractivity contribution in [1.29, 1.82) is 0 Å². The average Bonchev–Trinajstić information content (AvgIpc) is 2.87. The smallest absolute Gasteiger partial charge is 0.139 e. The number of fused-ring (bicyclic) bond motifs is 5. The first-order chi connectivity index (χ1) is 11.4. The van der Waals surface area contributed by atoms with Crippen molar-refractivity contribution in [1.82, 2.24) is 0 Å². The molecule has 4 heteroatoms. The second-order valence-corrected chi connectivity index (χ2v) is 9.17. The fraction of sp³-hybridized carbons (Fsp3) is 0.900. The van der Waals surface area contributed by atoms with Crippen LogP contribution in [0.15, 0.2) is 0 Å². The molecular weight excluding hydrogens is 304 g/mol. The molecule has 0 heterocycles. The summed E-state index contributed by atoms with van der Waals surface area (Å²) < 4.78 is 0. The van der Waals surface area contributed by atoms with Crippen LogP contribution in [0.2, 0.25) is 0 Å². The van der Waals surface area contributed by atoms with Gasteiger partial charge in [0.2, 0.25) is 0 Å². The Kier molecular flexibility index (Phi) is 3.92. The van der Waals surface area contributed by atoms with Crippen molar-refractivity contribution >= 4 is 11.6 Å². The monoisotopic (exact) mass is 334 g/mol. The molecule has 4 aliphatic rings. The molecule has 4 rings (SSSR count). The van der Waals surface area contributed by atoms with Gasteiger partial charge in [0.1, 0.15) is 11.6 Å². The molecule has 4 aliphatic carbocycles. The van der Waals surface area contributed by atoms with E-state index in [-0.39, 0.29) is 29.3 Å². The van der Waals surface area contributed by atoms with Gasteiger partial charge in [0.25, 0.3) is 0 Å². The molecule has 134 valence electrons. The van der Waals surface area contributed by atoms with Crippen LogP contribution in [-0.4, -0.2) is 34.5 Å². The van der Waals surface area contributed by atoms with Gasteiger partial charge in [-0.2, -0.15) is 0 Å². The molecule has 4 saturated carbocycles. The number of ketones is 2. The van der Waals surface area contributed by atoms with E-state index in [9.17, 15) is 19.8 Å². The van der Waals surface area contributed by atoms with Gasteiger partial charge in [-0.1, -0.05) is 6.92 Å². The number of rotatable bonds is 2. The lowest BCUT2D eigenvalue weighted by atomic mass is 9.44. The fourth-order valence-corrected chi connectivity index (χ4v) is 7.26.